The lowest BCUT2D eigenvalue weighted by molar-refractivity contribution is -0.385. The number of nitro groups is 2. The topological polar surface area (TPSA) is 151 Å². The Bertz CT molecular complexity index is 845. The van der Waals surface area contributed by atoms with E-state index in [1.165, 1.54) is 30.5 Å². The Hall–Kier alpha value is -3.82. The maximum absolute atomic E-state index is 10.7. The SMILES string of the molecule is O=[N+]([O-])c1ccc(/C=N\N=C\c2cc([N+](=O)[O-])c(O)cc2O)cc1. The van der Waals surface area contributed by atoms with Crippen molar-refractivity contribution in [3.8, 4) is 11.5 Å². The predicted octanol–water partition coefficient (Wildman–Crippen LogP) is 2.37. The van der Waals surface area contributed by atoms with Crippen LogP contribution in [0.15, 0.2) is 46.6 Å². The molecule has 0 radical (unpaired) electrons. The summed E-state index contributed by atoms with van der Waals surface area (Å²) in [5, 5.41) is 47.5. The van der Waals surface area contributed by atoms with E-state index in [4.69, 9.17) is 0 Å². The number of phenols is 2. The van der Waals surface area contributed by atoms with E-state index in [-0.39, 0.29) is 11.3 Å². The van der Waals surface area contributed by atoms with Gasteiger partial charge in [-0.05, 0) is 17.7 Å². The number of nitro benzene ring substituents is 2. The Balaban J connectivity index is 2.15. The highest BCUT2D eigenvalue weighted by Crippen LogP contribution is 2.31. The van der Waals surface area contributed by atoms with E-state index in [0.717, 1.165) is 18.3 Å². The molecule has 0 saturated heterocycles. The highest BCUT2D eigenvalue weighted by atomic mass is 16.6. The van der Waals surface area contributed by atoms with Crippen molar-refractivity contribution >= 4 is 23.8 Å². The minimum absolute atomic E-state index is 0.000324. The third-order valence-electron chi connectivity index (χ3n) is 2.89. The third kappa shape index (κ3) is 3.88. The molecule has 2 rings (SSSR count). The Morgan fingerprint density at radius 1 is 0.875 bits per heavy atom. The molecule has 2 aromatic carbocycles. The van der Waals surface area contributed by atoms with Gasteiger partial charge in [0.1, 0.15) is 5.75 Å². The van der Waals surface area contributed by atoms with Gasteiger partial charge in [0.2, 0.25) is 0 Å². The van der Waals surface area contributed by atoms with Gasteiger partial charge in [-0.3, -0.25) is 20.2 Å². The fourth-order valence-corrected chi connectivity index (χ4v) is 1.71. The summed E-state index contributed by atoms with van der Waals surface area (Å²) in [5.41, 5.74) is -0.0791. The van der Waals surface area contributed by atoms with Crippen molar-refractivity contribution < 1.29 is 20.1 Å². The molecule has 0 aliphatic carbocycles. The average Bonchev–Trinajstić information content (AvgIpc) is 2.53. The van der Waals surface area contributed by atoms with Crippen LogP contribution in [0.2, 0.25) is 0 Å². The van der Waals surface area contributed by atoms with Crippen molar-refractivity contribution in [2.75, 3.05) is 0 Å². The number of hydrogen-bond acceptors (Lipinski definition) is 8. The number of nitrogens with zero attached hydrogens (tertiary/aromatic N) is 4. The summed E-state index contributed by atoms with van der Waals surface area (Å²) in [6.07, 6.45) is 2.38. The van der Waals surface area contributed by atoms with E-state index >= 15 is 0 Å². The molecule has 10 nitrogen and oxygen atoms in total. The third-order valence-corrected chi connectivity index (χ3v) is 2.89. The van der Waals surface area contributed by atoms with E-state index in [2.05, 4.69) is 10.2 Å². The van der Waals surface area contributed by atoms with E-state index in [9.17, 15) is 30.4 Å². The number of rotatable bonds is 5. The molecule has 0 unspecified atom stereocenters. The van der Waals surface area contributed by atoms with Gasteiger partial charge in [0.05, 0.1) is 22.3 Å². The maximum atomic E-state index is 10.7. The van der Waals surface area contributed by atoms with E-state index in [1.807, 2.05) is 0 Å². The minimum Gasteiger partial charge on any atom is -0.507 e. The number of benzene rings is 2. The van der Waals surface area contributed by atoms with Gasteiger partial charge >= 0.3 is 5.69 Å². The van der Waals surface area contributed by atoms with E-state index in [1.54, 1.807) is 0 Å². The Morgan fingerprint density at radius 3 is 2.08 bits per heavy atom. The van der Waals surface area contributed by atoms with Gasteiger partial charge < -0.3 is 10.2 Å². The van der Waals surface area contributed by atoms with Crippen molar-refractivity contribution in [1.29, 1.82) is 0 Å². The number of hydrogen-bond donors (Lipinski definition) is 2. The molecule has 0 heterocycles. The molecule has 0 spiro atoms. The zero-order chi connectivity index (χ0) is 17.7. The molecule has 0 saturated carbocycles. The molecule has 0 aromatic heterocycles. The predicted molar refractivity (Wildman–Crippen MR) is 84.7 cm³/mol. The molecule has 10 heteroatoms. The largest absolute Gasteiger partial charge is 0.507 e. The summed E-state index contributed by atoms with van der Waals surface area (Å²) in [4.78, 5) is 19.9. The van der Waals surface area contributed by atoms with Crippen LogP contribution in [0.3, 0.4) is 0 Å². The molecule has 122 valence electrons. The zero-order valence-electron chi connectivity index (χ0n) is 11.9. The highest BCUT2D eigenvalue weighted by Gasteiger charge is 2.16. The van der Waals surface area contributed by atoms with Gasteiger partial charge in [-0.15, -0.1) is 0 Å². The number of non-ortho nitro benzene ring substituents is 1. The standard InChI is InChI=1S/C14H10N4O6/c19-13-6-14(20)12(18(23)24)5-10(13)8-16-15-7-9-1-3-11(4-2-9)17(21)22/h1-8,19-20H/b15-7-,16-8+. The lowest BCUT2D eigenvalue weighted by Crippen LogP contribution is -1.91. The van der Waals surface area contributed by atoms with Gasteiger partial charge in [0, 0.05) is 29.8 Å². The molecule has 24 heavy (non-hydrogen) atoms. The fourth-order valence-electron chi connectivity index (χ4n) is 1.71. The summed E-state index contributed by atoms with van der Waals surface area (Å²) in [7, 11) is 0. The van der Waals surface area contributed by atoms with Crippen molar-refractivity contribution in [2.24, 2.45) is 10.2 Å². The Morgan fingerprint density at radius 2 is 1.50 bits per heavy atom. The average molecular weight is 330 g/mol. The summed E-state index contributed by atoms with van der Waals surface area (Å²) < 4.78 is 0. The number of aromatic hydroxyl groups is 2. The second kappa shape index (κ2) is 6.96. The van der Waals surface area contributed by atoms with Crippen LogP contribution in [0.1, 0.15) is 11.1 Å². The van der Waals surface area contributed by atoms with Crippen molar-refractivity contribution in [3.63, 3.8) is 0 Å². The molecule has 0 aliphatic rings. The molecule has 0 fully saturated rings. The Labute approximate surface area is 134 Å². The first-order valence-electron chi connectivity index (χ1n) is 6.39. The van der Waals surface area contributed by atoms with Crippen LogP contribution in [0.25, 0.3) is 0 Å². The second-order valence-electron chi connectivity index (χ2n) is 4.49. The van der Waals surface area contributed by atoms with Crippen LogP contribution in [0.5, 0.6) is 11.5 Å². The van der Waals surface area contributed by atoms with Gasteiger partial charge in [0.25, 0.3) is 5.69 Å². The molecule has 0 atom stereocenters. The Kier molecular flexibility index (Phi) is 4.80. The van der Waals surface area contributed by atoms with Gasteiger partial charge in [-0.1, -0.05) is 0 Å². The van der Waals surface area contributed by atoms with Crippen LogP contribution in [-0.4, -0.2) is 32.5 Å². The quantitative estimate of drug-likeness (QED) is 0.487. The normalized spacial score (nSPS) is 11.2. The van der Waals surface area contributed by atoms with Crippen LogP contribution >= 0.6 is 0 Å². The van der Waals surface area contributed by atoms with Crippen LogP contribution in [-0.2, 0) is 0 Å². The second-order valence-corrected chi connectivity index (χ2v) is 4.49. The molecule has 0 amide bonds. The van der Waals surface area contributed by atoms with E-state index < -0.39 is 27.0 Å². The minimum atomic E-state index is -0.799. The van der Waals surface area contributed by atoms with Crippen LogP contribution in [0, 0.1) is 20.2 Å². The lowest BCUT2D eigenvalue weighted by atomic mass is 10.2. The van der Waals surface area contributed by atoms with Crippen molar-refractivity contribution in [3.05, 3.63) is 67.8 Å². The van der Waals surface area contributed by atoms with Crippen molar-refractivity contribution in [1.82, 2.24) is 0 Å². The number of phenolic OH excluding ortho intramolecular Hbond substituents is 2. The van der Waals surface area contributed by atoms with Crippen LogP contribution < -0.4 is 0 Å². The van der Waals surface area contributed by atoms with Gasteiger partial charge in [0.15, 0.2) is 5.75 Å². The summed E-state index contributed by atoms with van der Waals surface area (Å²) in [5.74, 6) is -1.06. The molecular weight excluding hydrogens is 320 g/mol. The first-order valence-corrected chi connectivity index (χ1v) is 6.39. The lowest BCUT2D eigenvalue weighted by Gasteiger charge is -2.00. The molecule has 2 aromatic rings. The van der Waals surface area contributed by atoms with Crippen molar-refractivity contribution in [2.45, 2.75) is 0 Å². The molecular formula is C14H10N4O6. The van der Waals surface area contributed by atoms with E-state index in [0.29, 0.717) is 5.56 Å². The molecule has 2 N–H and O–H groups in total. The zero-order valence-corrected chi connectivity index (χ0v) is 11.9. The fraction of sp³-hybridized carbons (Fsp3) is 0. The smallest absolute Gasteiger partial charge is 0.311 e. The molecule has 0 bridgehead atoms. The first-order chi connectivity index (χ1) is 11.4. The van der Waals surface area contributed by atoms with Crippen LogP contribution in [0.4, 0.5) is 11.4 Å². The van der Waals surface area contributed by atoms with Gasteiger partial charge in [-0.25, -0.2) is 0 Å². The highest BCUT2D eigenvalue weighted by molar-refractivity contribution is 5.86. The monoisotopic (exact) mass is 330 g/mol. The summed E-state index contributed by atoms with van der Waals surface area (Å²) in [6, 6.07) is 7.34. The molecule has 0 aliphatic heterocycles. The maximum Gasteiger partial charge on any atom is 0.311 e. The van der Waals surface area contributed by atoms with Gasteiger partial charge in [-0.2, -0.15) is 10.2 Å². The first kappa shape index (κ1) is 16.5. The summed E-state index contributed by atoms with van der Waals surface area (Å²) >= 11 is 0. The summed E-state index contributed by atoms with van der Waals surface area (Å²) in [6.45, 7) is 0.